The van der Waals surface area contributed by atoms with Crippen molar-refractivity contribution in [3.63, 3.8) is 0 Å². The van der Waals surface area contributed by atoms with Crippen molar-refractivity contribution in [1.82, 2.24) is 18.9 Å². The summed E-state index contributed by atoms with van der Waals surface area (Å²) in [5, 5.41) is 15.8. The summed E-state index contributed by atoms with van der Waals surface area (Å²) in [6.07, 6.45) is 6.35. The fourth-order valence-electron chi connectivity index (χ4n) is 2.95. The number of hydrogen-bond acceptors (Lipinski definition) is 5. The first-order valence-electron chi connectivity index (χ1n) is 8.78. The number of rotatable bonds is 6. The third kappa shape index (κ3) is 3.41. The standard InChI is InChI=1S/C19H19N5O4/c1-3-21-16(17(24(27)28)18(25)22(4-2)19(21)26)11-10-14-12-20-23(13-14)15-8-6-5-7-9-15/h5-13H,3-4H2,1-2H3. The van der Waals surface area contributed by atoms with Crippen molar-refractivity contribution in [2.75, 3.05) is 0 Å². The van der Waals surface area contributed by atoms with Crippen LogP contribution in [0.2, 0.25) is 0 Å². The second-order valence-corrected chi connectivity index (χ2v) is 5.95. The van der Waals surface area contributed by atoms with Gasteiger partial charge >= 0.3 is 16.9 Å². The summed E-state index contributed by atoms with van der Waals surface area (Å²) in [5.41, 5.74) is -0.575. The predicted octanol–water partition coefficient (Wildman–Crippen LogP) is 2.31. The minimum atomic E-state index is -0.901. The van der Waals surface area contributed by atoms with Gasteiger partial charge in [-0.3, -0.25) is 24.0 Å². The molecule has 9 heteroatoms. The molecule has 0 unspecified atom stereocenters. The predicted molar refractivity (Wildman–Crippen MR) is 105 cm³/mol. The van der Waals surface area contributed by atoms with Crippen LogP contribution in [0.1, 0.15) is 25.1 Å². The highest BCUT2D eigenvalue weighted by molar-refractivity contribution is 5.71. The zero-order valence-electron chi connectivity index (χ0n) is 15.5. The van der Waals surface area contributed by atoms with Gasteiger partial charge in [0.2, 0.25) is 0 Å². The molecule has 0 radical (unpaired) electrons. The average Bonchev–Trinajstić information content (AvgIpc) is 3.16. The second kappa shape index (κ2) is 7.87. The molecule has 0 saturated heterocycles. The molecular formula is C19H19N5O4. The van der Waals surface area contributed by atoms with Crippen LogP contribution in [0.5, 0.6) is 0 Å². The fraction of sp³-hybridized carbons (Fsp3) is 0.211. The topological polar surface area (TPSA) is 105 Å². The summed E-state index contributed by atoms with van der Waals surface area (Å²) in [6, 6.07) is 9.46. The van der Waals surface area contributed by atoms with Gasteiger partial charge in [0.1, 0.15) is 5.69 Å². The van der Waals surface area contributed by atoms with E-state index >= 15 is 0 Å². The van der Waals surface area contributed by atoms with Gasteiger partial charge < -0.3 is 0 Å². The van der Waals surface area contributed by atoms with E-state index in [1.165, 1.54) is 10.6 Å². The van der Waals surface area contributed by atoms with Gasteiger partial charge in [-0.1, -0.05) is 18.2 Å². The lowest BCUT2D eigenvalue weighted by atomic mass is 10.2. The molecule has 0 atom stereocenters. The summed E-state index contributed by atoms with van der Waals surface area (Å²) in [5.74, 6) is 0. The van der Waals surface area contributed by atoms with E-state index in [-0.39, 0.29) is 18.8 Å². The molecular weight excluding hydrogens is 362 g/mol. The Morgan fingerprint density at radius 3 is 2.36 bits per heavy atom. The maximum Gasteiger partial charge on any atom is 0.357 e. The van der Waals surface area contributed by atoms with E-state index in [0.717, 1.165) is 10.3 Å². The lowest BCUT2D eigenvalue weighted by Crippen LogP contribution is -2.41. The monoisotopic (exact) mass is 381 g/mol. The molecule has 0 N–H and O–H groups in total. The van der Waals surface area contributed by atoms with E-state index in [1.807, 2.05) is 30.3 Å². The van der Waals surface area contributed by atoms with Crippen LogP contribution in [0.3, 0.4) is 0 Å². The summed E-state index contributed by atoms with van der Waals surface area (Å²) in [4.78, 5) is 35.7. The lowest BCUT2D eigenvalue weighted by molar-refractivity contribution is -0.387. The van der Waals surface area contributed by atoms with E-state index in [9.17, 15) is 19.7 Å². The molecule has 0 bridgehead atoms. The van der Waals surface area contributed by atoms with Crippen LogP contribution in [0, 0.1) is 10.1 Å². The molecule has 1 aromatic carbocycles. The van der Waals surface area contributed by atoms with Crippen LogP contribution >= 0.6 is 0 Å². The van der Waals surface area contributed by atoms with Crippen molar-refractivity contribution >= 4 is 17.8 Å². The number of nitrogens with zero attached hydrogens (tertiary/aromatic N) is 5. The Bertz CT molecular complexity index is 1160. The van der Waals surface area contributed by atoms with Gasteiger partial charge in [-0.25, -0.2) is 9.48 Å². The van der Waals surface area contributed by atoms with Gasteiger partial charge in [0.25, 0.3) is 0 Å². The molecule has 0 aliphatic carbocycles. The SMILES string of the molecule is CCn1c(C=Cc2cnn(-c3ccccc3)c2)c([N+](=O)[O-])c(=O)n(CC)c1=O. The van der Waals surface area contributed by atoms with Gasteiger partial charge in [0.15, 0.2) is 0 Å². The molecule has 0 fully saturated rings. The number of para-hydroxylation sites is 1. The van der Waals surface area contributed by atoms with Crippen LogP contribution in [-0.4, -0.2) is 23.8 Å². The van der Waals surface area contributed by atoms with Crippen molar-refractivity contribution in [1.29, 1.82) is 0 Å². The molecule has 2 heterocycles. The van der Waals surface area contributed by atoms with Crippen molar-refractivity contribution in [2.45, 2.75) is 26.9 Å². The minimum absolute atomic E-state index is 0.0281. The summed E-state index contributed by atoms with van der Waals surface area (Å²) >= 11 is 0. The van der Waals surface area contributed by atoms with Gasteiger partial charge in [-0.15, -0.1) is 0 Å². The third-order valence-corrected chi connectivity index (χ3v) is 4.31. The number of benzene rings is 1. The van der Waals surface area contributed by atoms with Crippen molar-refractivity contribution in [3.05, 3.63) is 84.9 Å². The van der Waals surface area contributed by atoms with Crippen molar-refractivity contribution < 1.29 is 4.92 Å². The van der Waals surface area contributed by atoms with Crippen molar-refractivity contribution in [3.8, 4) is 5.69 Å². The third-order valence-electron chi connectivity index (χ3n) is 4.31. The molecule has 0 saturated carbocycles. The first-order chi connectivity index (χ1) is 13.5. The molecule has 0 aliphatic heterocycles. The number of hydrogen-bond donors (Lipinski definition) is 0. The minimum Gasteiger partial charge on any atom is -0.288 e. The van der Waals surface area contributed by atoms with E-state index in [2.05, 4.69) is 5.10 Å². The first-order valence-corrected chi connectivity index (χ1v) is 8.78. The average molecular weight is 381 g/mol. The van der Waals surface area contributed by atoms with Gasteiger partial charge in [0.05, 0.1) is 16.8 Å². The zero-order chi connectivity index (χ0) is 20.3. The Kier molecular flexibility index (Phi) is 5.35. The highest BCUT2D eigenvalue weighted by Crippen LogP contribution is 2.16. The van der Waals surface area contributed by atoms with E-state index in [0.29, 0.717) is 5.56 Å². The fourth-order valence-corrected chi connectivity index (χ4v) is 2.95. The zero-order valence-corrected chi connectivity index (χ0v) is 15.5. The van der Waals surface area contributed by atoms with Gasteiger partial charge in [-0.05, 0) is 38.1 Å². The molecule has 144 valence electrons. The molecule has 3 aromatic rings. The van der Waals surface area contributed by atoms with Gasteiger partial charge in [-0.2, -0.15) is 5.10 Å². The van der Waals surface area contributed by atoms with Crippen LogP contribution in [0.4, 0.5) is 5.69 Å². The van der Waals surface area contributed by atoms with Crippen LogP contribution in [-0.2, 0) is 13.1 Å². The first kappa shape index (κ1) is 19.0. The van der Waals surface area contributed by atoms with E-state index in [1.54, 1.807) is 37.0 Å². The largest absolute Gasteiger partial charge is 0.357 e. The highest BCUT2D eigenvalue weighted by Gasteiger charge is 2.25. The maximum absolute atomic E-state index is 12.5. The molecule has 0 amide bonds. The summed E-state index contributed by atoms with van der Waals surface area (Å²) in [7, 11) is 0. The smallest absolute Gasteiger partial charge is 0.288 e. The summed E-state index contributed by atoms with van der Waals surface area (Å²) in [6.45, 7) is 3.55. The number of nitro groups is 1. The number of aromatic nitrogens is 4. The summed E-state index contributed by atoms with van der Waals surface area (Å²) < 4.78 is 3.75. The quantitative estimate of drug-likeness (QED) is 0.481. The Labute approximate surface area is 159 Å². The van der Waals surface area contributed by atoms with Crippen molar-refractivity contribution in [2.24, 2.45) is 0 Å². The molecule has 0 aliphatic rings. The Balaban J connectivity index is 2.09. The Morgan fingerprint density at radius 2 is 1.75 bits per heavy atom. The molecule has 0 spiro atoms. The highest BCUT2D eigenvalue weighted by atomic mass is 16.6. The molecule has 3 rings (SSSR count). The Hall–Kier alpha value is -3.75. The normalized spacial score (nSPS) is 11.2. The molecule has 9 nitrogen and oxygen atoms in total. The van der Waals surface area contributed by atoms with E-state index < -0.39 is 21.9 Å². The lowest BCUT2D eigenvalue weighted by Gasteiger charge is -2.11. The maximum atomic E-state index is 12.5. The second-order valence-electron chi connectivity index (χ2n) is 5.95. The van der Waals surface area contributed by atoms with Crippen LogP contribution < -0.4 is 11.2 Å². The molecule has 28 heavy (non-hydrogen) atoms. The molecule has 2 aromatic heterocycles. The van der Waals surface area contributed by atoms with Crippen LogP contribution in [0.25, 0.3) is 17.8 Å². The van der Waals surface area contributed by atoms with Gasteiger partial charge in [0, 0.05) is 24.8 Å². The van der Waals surface area contributed by atoms with Crippen LogP contribution in [0.15, 0.2) is 52.3 Å². The van der Waals surface area contributed by atoms with E-state index in [4.69, 9.17) is 0 Å². The Morgan fingerprint density at radius 1 is 1.07 bits per heavy atom.